The molecule has 4 heterocycles. The molecule has 2 atom stereocenters. The van der Waals surface area contributed by atoms with Crippen molar-refractivity contribution in [3.05, 3.63) is 53.5 Å². The summed E-state index contributed by atoms with van der Waals surface area (Å²) in [5.74, 6) is 0.186. The van der Waals surface area contributed by atoms with Crippen LogP contribution in [-0.2, 0) is 22.4 Å². The quantitative estimate of drug-likeness (QED) is 0.537. The number of oxazole rings is 1. The van der Waals surface area contributed by atoms with Gasteiger partial charge in [-0.25, -0.2) is 9.97 Å². The number of hydrogen-bond donors (Lipinski definition) is 2. The van der Waals surface area contributed by atoms with Crippen LogP contribution in [0.5, 0.6) is 0 Å². The number of benzene rings is 1. The summed E-state index contributed by atoms with van der Waals surface area (Å²) in [5.41, 5.74) is 3.58. The lowest BCUT2D eigenvalue weighted by molar-refractivity contribution is -0.141. The predicted octanol–water partition coefficient (Wildman–Crippen LogP) is 3.97. The fourth-order valence-electron chi connectivity index (χ4n) is 4.91. The maximum absolute atomic E-state index is 13.2. The van der Waals surface area contributed by atoms with Crippen LogP contribution in [0.4, 0.5) is 5.82 Å². The first-order valence-corrected chi connectivity index (χ1v) is 11.7. The molecule has 1 aromatic carbocycles. The summed E-state index contributed by atoms with van der Waals surface area (Å²) in [7, 11) is 0. The third-order valence-corrected chi connectivity index (χ3v) is 6.63. The van der Waals surface area contributed by atoms with E-state index in [0.717, 1.165) is 50.2 Å². The molecule has 0 aliphatic carbocycles. The van der Waals surface area contributed by atoms with E-state index in [1.54, 1.807) is 11.0 Å². The SMILES string of the molecule is O=C(O)CC(c1nc2ccccc2o1)N1CCC(CCCc2ccc3c(n2)NCCC3)C1=O. The van der Waals surface area contributed by atoms with Crippen molar-refractivity contribution in [3.8, 4) is 0 Å². The molecule has 1 fully saturated rings. The van der Waals surface area contributed by atoms with Gasteiger partial charge in [-0.1, -0.05) is 18.2 Å². The number of carboxylic acid groups (broad SMARTS) is 1. The van der Waals surface area contributed by atoms with Gasteiger partial charge in [0.15, 0.2) is 5.58 Å². The highest BCUT2D eigenvalue weighted by molar-refractivity contribution is 5.82. The minimum atomic E-state index is -0.981. The molecule has 2 aliphatic heterocycles. The molecule has 33 heavy (non-hydrogen) atoms. The molecule has 2 unspecified atom stereocenters. The molecule has 172 valence electrons. The van der Waals surface area contributed by atoms with Crippen molar-refractivity contribution in [3.63, 3.8) is 0 Å². The van der Waals surface area contributed by atoms with E-state index in [4.69, 9.17) is 9.40 Å². The highest BCUT2D eigenvalue weighted by Gasteiger charge is 2.39. The van der Waals surface area contributed by atoms with Gasteiger partial charge in [-0.2, -0.15) is 0 Å². The van der Waals surface area contributed by atoms with Crippen molar-refractivity contribution in [2.45, 2.75) is 51.0 Å². The number of rotatable bonds is 8. The smallest absolute Gasteiger partial charge is 0.305 e. The maximum Gasteiger partial charge on any atom is 0.305 e. The fraction of sp³-hybridized carbons (Fsp3) is 0.440. The standard InChI is InChI=1S/C25H28N4O4/c30-22(31)15-20(24-28-19-8-1-2-9-21(19)33-24)29-14-12-17(25(29)32)5-3-7-18-11-10-16-6-4-13-26-23(16)27-18/h1-2,8-11,17,20H,3-7,12-15H2,(H,26,27)(H,30,31). The molecule has 1 amide bonds. The van der Waals surface area contributed by atoms with Crippen LogP contribution in [-0.4, -0.2) is 44.9 Å². The Labute approximate surface area is 192 Å². The molecule has 0 bridgehead atoms. The number of fused-ring (bicyclic) bond motifs is 2. The van der Waals surface area contributed by atoms with Gasteiger partial charge < -0.3 is 19.7 Å². The van der Waals surface area contributed by atoms with E-state index in [-0.39, 0.29) is 18.2 Å². The second-order valence-corrected chi connectivity index (χ2v) is 8.88. The highest BCUT2D eigenvalue weighted by Crippen LogP contribution is 2.34. The Morgan fingerprint density at radius 2 is 2.12 bits per heavy atom. The lowest BCUT2D eigenvalue weighted by atomic mass is 9.99. The fourth-order valence-corrected chi connectivity index (χ4v) is 4.91. The van der Waals surface area contributed by atoms with Gasteiger partial charge in [0.05, 0.1) is 6.42 Å². The molecular weight excluding hydrogens is 420 g/mol. The van der Waals surface area contributed by atoms with Crippen molar-refractivity contribution in [2.75, 3.05) is 18.4 Å². The molecule has 3 aromatic rings. The molecule has 0 radical (unpaired) electrons. The van der Waals surface area contributed by atoms with E-state index in [0.29, 0.717) is 30.0 Å². The summed E-state index contributed by atoms with van der Waals surface area (Å²) >= 11 is 0. The number of aliphatic carboxylic acids is 1. The zero-order valence-corrected chi connectivity index (χ0v) is 18.5. The average Bonchev–Trinajstić information content (AvgIpc) is 3.41. The summed E-state index contributed by atoms with van der Waals surface area (Å²) in [6, 6.07) is 10.9. The average molecular weight is 449 g/mol. The molecule has 2 N–H and O–H groups in total. The number of para-hydroxylation sites is 2. The number of carboxylic acids is 1. The molecule has 2 aromatic heterocycles. The number of nitrogens with zero attached hydrogens (tertiary/aromatic N) is 3. The topological polar surface area (TPSA) is 109 Å². The minimum absolute atomic E-state index is 0.0106. The van der Waals surface area contributed by atoms with Crippen LogP contribution in [0.3, 0.4) is 0 Å². The van der Waals surface area contributed by atoms with Gasteiger partial charge in [0, 0.05) is 24.7 Å². The predicted molar refractivity (Wildman–Crippen MR) is 123 cm³/mol. The van der Waals surface area contributed by atoms with E-state index in [2.05, 4.69) is 22.4 Å². The van der Waals surface area contributed by atoms with Gasteiger partial charge in [0.1, 0.15) is 17.4 Å². The van der Waals surface area contributed by atoms with Crippen molar-refractivity contribution in [1.29, 1.82) is 0 Å². The largest absolute Gasteiger partial charge is 0.481 e. The van der Waals surface area contributed by atoms with Crippen LogP contribution in [0.25, 0.3) is 11.1 Å². The molecular formula is C25H28N4O4. The van der Waals surface area contributed by atoms with Gasteiger partial charge in [0.25, 0.3) is 0 Å². The van der Waals surface area contributed by atoms with Crippen LogP contribution in [0.1, 0.15) is 55.3 Å². The zero-order valence-electron chi connectivity index (χ0n) is 18.5. The number of anilines is 1. The Balaban J connectivity index is 1.23. The first-order chi connectivity index (χ1) is 16.1. The van der Waals surface area contributed by atoms with Crippen LogP contribution in [0.15, 0.2) is 40.8 Å². The van der Waals surface area contributed by atoms with E-state index < -0.39 is 12.0 Å². The Kier molecular flexibility index (Phi) is 5.98. The van der Waals surface area contributed by atoms with Crippen LogP contribution >= 0.6 is 0 Å². The lowest BCUT2D eigenvalue weighted by Gasteiger charge is -2.24. The molecule has 2 aliphatic rings. The molecule has 8 nitrogen and oxygen atoms in total. The Hall–Kier alpha value is -3.42. The van der Waals surface area contributed by atoms with Crippen molar-refractivity contribution < 1.29 is 19.1 Å². The third kappa shape index (κ3) is 4.55. The molecule has 1 saturated heterocycles. The lowest BCUT2D eigenvalue weighted by Crippen LogP contribution is -2.33. The summed E-state index contributed by atoms with van der Waals surface area (Å²) in [6.07, 6.45) is 5.14. The van der Waals surface area contributed by atoms with Crippen LogP contribution in [0.2, 0.25) is 0 Å². The summed E-state index contributed by atoms with van der Waals surface area (Å²) in [4.78, 5) is 35.6. The van der Waals surface area contributed by atoms with Crippen LogP contribution in [0, 0.1) is 5.92 Å². The number of pyridine rings is 1. The van der Waals surface area contributed by atoms with E-state index in [9.17, 15) is 14.7 Å². The monoisotopic (exact) mass is 448 g/mol. The summed E-state index contributed by atoms with van der Waals surface area (Å²) in [5, 5.41) is 12.8. The zero-order chi connectivity index (χ0) is 22.8. The second kappa shape index (κ2) is 9.21. The Morgan fingerprint density at radius 1 is 1.24 bits per heavy atom. The molecule has 0 spiro atoms. The third-order valence-electron chi connectivity index (χ3n) is 6.63. The highest BCUT2D eigenvalue weighted by atomic mass is 16.4. The molecule has 5 rings (SSSR count). The number of hydrogen-bond acceptors (Lipinski definition) is 6. The first-order valence-electron chi connectivity index (χ1n) is 11.7. The van der Waals surface area contributed by atoms with Crippen LogP contribution < -0.4 is 5.32 Å². The normalized spacial score (nSPS) is 18.8. The number of amides is 1. The minimum Gasteiger partial charge on any atom is -0.481 e. The van der Waals surface area contributed by atoms with Gasteiger partial charge in [0.2, 0.25) is 11.8 Å². The number of nitrogens with one attached hydrogen (secondary N) is 1. The molecule has 0 saturated carbocycles. The molecule has 8 heteroatoms. The Morgan fingerprint density at radius 3 is 2.97 bits per heavy atom. The summed E-state index contributed by atoms with van der Waals surface area (Å²) in [6.45, 7) is 1.48. The number of likely N-dealkylation sites (tertiary alicyclic amines) is 1. The van der Waals surface area contributed by atoms with Gasteiger partial charge in [-0.3, -0.25) is 9.59 Å². The van der Waals surface area contributed by atoms with E-state index in [1.807, 2.05) is 18.2 Å². The summed E-state index contributed by atoms with van der Waals surface area (Å²) < 4.78 is 5.83. The van der Waals surface area contributed by atoms with E-state index in [1.165, 1.54) is 5.56 Å². The van der Waals surface area contributed by atoms with Gasteiger partial charge >= 0.3 is 5.97 Å². The van der Waals surface area contributed by atoms with Gasteiger partial charge in [-0.15, -0.1) is 0 Å². The number of carbonyl (C=O) groups is 2. The van der Waals surface area contributed by atoms with Crippen molar-refractivity contribution in [1.82, 2.24) is 14.9 Å². The first kappa shape index (κ1) is 21.4. The Bertz CT molecular complexity index is 1140. The second-order valence-electron chi connectivity index (χ2n) is 8.88. The number of carbonyl (C=O) groups excluding carboxylic acids is 1. The number of aromatic nitrogens is 2. The van der Waals surface area contributed by atoms with Crippen molar-refractivity contribution in [2.24, 2.45) is 5.92 Å². The number of aryl methyl sites for hydroxylation is 2. The van der Waals surface area contributed by atoms with E-state index >= 15 is 0 Å². The maximum atomic E-state index is 13.2. The van der Waals surface area contributed by atoms with Crippen molar-refractivity contribution >= 4 is 28.8 Å². The van der Waals surface area contributed by atoms with Gasteiger partial charge in [-0.05, 0) is 62.3 Å².